The number of hydrogen-bond donors (Lipinski definition) is 2. The molecule has 0 bridgehead atoms. The number of piperidine rings is 1. The fraction of sp³-hybridized carbons (Fsp3) is 0.455. The molecule has 4 heterocycles. The van der Waals surface area contributed by atoms with Crippen LogP contribution in [0.4, 0.5) is 32.3 Å². The number of anilines is 1. The van der Waals surface area contributed by atoms with Crippen LogP contribution in [0.3, 0.4) is 0 Å². The van der Waals surface area contributed by atoms with E-state index in [0.717, 1.165) is 51.4 Å². The van der Waals surface area contributed by atoms with E-state index in [1.54, 1.807) is 24.8 Å². The summed E-state index contributed by atoms with van der Waals surface area (Å²) < 4.78 is 63.5. The van der Waals surface area contributed by atoms with Gasteiger partial charge >= 0.3 is 24.3 Å². The lowest BCUT2D eigenvalue weighted by Gasteiger charge is -2.39. The Morgan fingerprint density at radius 3 is 1.76 bits per heavy atom. The molecule has 2 fully saturated rings. The van der Waals surface area contributed by atoms with E-state index in [1.807, 2.05) is 23.1 Å². The minimum atomic E-state index is -5.08. The van der Waals surface area contributed by atoms with Crippen LogP contribution in [0, 0.1) is 5.41 Å². The van der Waals surface area contributed by atoms with E-state index in [1.165, 1.54) is 0 Å². The number of carboxylic acid groups (broad SMARTS) is 2. The zero-order chi connectivity index (χ0) is 28.6. The largest absolute Gasteiger partial charge is 0.490 e. The van der Waals surface area contributed by atoms with Gasteiger partial charge in [-0.05, 0) is 42.9 Å². The Bertz CT molecular complexity index is 1050. The fourth-order valence-electron chi connectivity index (χ4n) is 3.82. The first kappa shape index (κ1) is 30.2. The number of aromatic nitrogens is 3. The molecule has 2 aliphatic rings. The molecule has 2 aliphatic heterocycles. The van der Waals surface area contributed by atoms with Gasteiger partial charge in [0, 0.05) is 51.0 Å². The fourth-order valence-corrected chi connectivity index (χ4v) is 3.82. The Kier molecular flexibility index (Phi) is 9.96. The highest BCUT2D eigenvalue weighted by Gasteiger charge is 2.42. The molecule has 16 heteroatoms. The smallest absolute Gasteiger partial charge is 0.475 e. The van der Waals surface area contributed by atoms with E-state index >= 15 is 0 Å². The van der Waals surface area contributed by atoms with Gasteiger partial charge in [-0.1, -0.05) is 0 Å². The number of carbonyl (C=O) groups excluding carboxylic acids is 1. The van der Waals surface area contributed by atoms with Gasteiger partial charge in [-0.3, -0.25) is 9.78 Å². The third-order valence-electron chi connectivity index (χ3n) is 5.78. The van der Waals surface area contributed by atoms with Gasteiger partial charge in [-0.25, -0.2) is 19.6 Å². The van der Waals surface area contributed by atoms with Crippen LogP contribution >= 0.6 is 0 Å². The monoisotopic (exact) mass is 551 g/mol. The minimum absolute atomic E-state index is 0.0965. The summed E-state index contributed by atoms with van der Waals surface area (Å²) in [6.45, 7) is 3.63. The molecule has 0 unspecified atom stereocenters. The van der Waals surface area contributed by atoms with Crippen LogP contribution in [-0.4, -0.2) is 86.4 Å². The zero-order valence-corrected chi connectivity index (χ0v) is 19.6. The van der Waals surface area contributed by atoms with Crippen molar-refractivity contribution >= 4 is 23.8 Å². The van der Waals surface area contributed by atoms with Crippen LogP contribution < -0.4 is 4.90 Å². The van der Waals surface area contributed by atoms with Crippen LogP contribution in [0.1, 0.15) is 29.6 Å². The van der Waals surface area contributed by atoms with E-state index in [2.05, 4.69) is 19.9 Å². The SMILES string of the molecule is O=C(O)C(F)(F)F.O=C(O)C(F)(F)F.O=C(c1cccnc1)N1CCC2(CC1)CCN(c1ncccn1)C2. The minimum Gasteiger partial charge on any atom is -0.475 e. The molecule has 4 rings (SSSR count). The molecule has 10 nitrogen and oxygen atoms in total. The lowest BCUT2D eigenvalue weighted by molar-refractivity contribution is -0.193. The van der Waals surface area contributed by atoms with Crippen molar-refractivity contribution in [1.82, 2.24) is 19.9 Å². The second-order valence-corrected chi connectivity index (χ2v) is 8.36. The maximum atomic E-state index is 12.5. The van der Waals surface area contributed by atoms with Gasteiger partial charge in [0.2, 0.25) is 5.95 Å². The van der Waals surface area contributed by atoms with Crippen LogP contribution in [-0.2, 0) is 9.59 Å². The van der Waals surface area contributed by atoms with Crippen molar-refractivity contribution in [2.45, 2.75) is 31.6 Å². The quantitative estimate of drug-likeness (QED) is 0.539. The van der Waals surface area contributed by atoms with Crippen molar-refractivity contribution in [1.29, 1.82) is 0 Å². The normalized spacial score (nSPS) is 16.6. The highest BCUT2D eigenvalue weighted by Crippen LogP contribution is 2.41. The van der Waals surface area contributed by atoms with Crippen LogP contribution in [0.2, 0.25) is 0 Å². The molecule has 38 heavy (non-hydrogen) atoms. The van der Waals surface area contributed by atoms with Gasteiger partial charge in [-0.15, -0.1) is 0 Å². The van der Waals surface area contributed by atoms with E-state index in [-0.39, 0.29) is 5.91 Å². The molecule has 0 aromatic carbocycles. The Morgan fingerprint density at radius 1 is 0.816 bits per heavy atom. The molecule has 0 atom stereocenters. The Morgan fingerprint density at radius 2 is 1.32 bits per heavy atom. The van der Waals surface area contributed by atoms with Crippen LogP contribution in [0.5, 0.6) is 0 Å². The summed E-state index contributed by atoms with van der Waals surface area (Å²) in [5.74, 6) is -4.59. The average Bonchev–Trinajstić information content (AvgIpc) is 3.28. The van der Waals surface area contributed by atoms with E-state index in [0.29, 0.717) is 11.0 Å². The third kappa shape index (κ3) is 8.85. The van der Waals surface area contributed by atoms with Crippen molar-refractivity contribution in [3.63, 3.8) is 0 Å². The topological polar surface area (TPSA) is 137 Å². The van der Waals surface area contributed by atoms with E-state index < -0.39 is 24.3 Å². The van der Waals surface area contributed by atoms with Crippen molar-refractivity contribution in [3.05, 3.63) is 48.5 Å². The predicted octanol–water partition coefficient (Wildman–Crippen LogP) is 3.27. The summed E-state index contributed by atoms with van der Waals surface area (Å²) >= 11 is 0. The van der Waals surface area contributed by atoms with E-state index in [9.17, 15) is 31.1 Å². The molecule has 2 aromatic heterocycles. The Hall–Kier alpha value is -3.98. The van der Waals surface area contributed by atoms with Crippen LogP contribution in [0.15, 0.2) is 43.0 Å². The molecule has 1 spiro atoms. The Labute approximate surface area is 211 Å². The molecule has 2 aromatic rings. The first-order valence-corrected chi connectivity index (χ1v) is 11.0. The summed E-state index contributed by atoms with van der Waals surface area (Å²) in [7, 11) is 0. The van der Waals surface area contributed by atoms with Gasteiger partial charge in [0.15, 0.2) is 0 Å². The second-order valence-electron chi connectivity index (χ2n) is 8.36. The summed E-state index contributed by atoms with van der Waals surface area (Å²) in [4.78, 5) is 47.4. The number of hydrogen-bond acceptors (Lipinski definition) is 7. The maximum Gasteiger partial charge on any atom is 0.490 e. The number of nitrogens with zero attached hydrogens (tertiary/aromatic N) is 5. The molecule has 2 N–H and O–H groups in total. The van der Waals surface area contributed by atoms with Crippen LogP contribution in [0.25, 0.3) is 0 Å². The zero-order valence-electron chi connectivity index (χ0n) is 19.6. The van der Waals surface area contributed by atoms with Gasteiger partial charge < -0.3 is 20.0 Å². The lowest BCUT2D eigenvalue weighted by Crippen LogP contribution is -2.44. The summed E-state index contributed by atoms with van der Waals surface area (Å²) in [6.07, 6.45) is 0.00728. The second kappa shape index (κ2) is 12.5. The number of halogens is 6. The number of carboxylic acids is 2. The van der Waals surface area contributed by atoms with Gasteiger partial charge in [-0.2, -0.15) is 26.3 Å². The van der Waals surface area contributed by atoms with Crippen molar-refractivity contribution < 1.29 is 50.9 Å². The highest BCUT2D eigenvalue weighted by atomic mass is 19.4. The van der Waals surface area contributed by atoms with E-state index in [4.69, 9.17) is 19.8 Å². The van der Waals surface area contributed by atoms with Gasteiger partial charge in [0.1, 0.15) is 0 Å². The van der Waals surface area contributed by atoms with Crippen molar-refractivity contribution in [2.24, 2.45) is 5.41 Å². The number of rotatable bonds is 2. The van der Waals surface area contributed by atoms with Crippen molar-refractivity contribution in [2.75, 3.05) is 31.1 Å². The highest BCUT2D eigenvalue weighted by molar-refractivity contribution is 5.93. The molecular formula is C22H23F6N5O5. The number of aliphatic carboxylic acids is 2. The molecule has 1 amide bonds. The maximum absolute atomic E-state index is 12.5. The molecule has 0 aliphatic carbocycles. The summed E-state index contributed by atoms with van der Waals surface area (Å²) in [5, 5.41) is 14.2. The first-order valence-electron chi connectivity index (χ1n) is 11.0. The standard InChI is InChI=1S/C18H21N5O.2C2HF3O2/c24-16(15-3-1-7-19-13-15)22-10-4-18(5-11-22)6-12-23(14-18)17-20-8-2-9-21-17;2*3-2(4,5)1(6)7/h1-3,7-9,13H,4-6,10-12,14H2;2*(H,6,7). The van der Waals surface area contributed by atoms with Gasteiger partial charge in [0.05, 0.1) is 5.56 Å². The average molecular weight is 551 g/mol. The molecule has 0 radical (unpaired) electrons. The summed E-state index contributed by atoms with van der Waals surface area (Å²) in [6, 6.07) is 5.50. The number of carbonyl (C=O) groups is 3. The van der Waals surface area contributed by atoms with Crippen molar-refractivity contribution in [3.8, 4) is 0 Å². The molecule has 0 saturated carbocycles. The number of likely N-dealkylation sites (tertiary alicyclic amines) is 1. The molecular weight excluding hydrogens is 528 g/mol. The summed E-state index contributed by atoms with van der Waals surface area (Å²) in [5.41, 5.74) is 0.976. The number of pyridine rings is 1. The predicted molar refractivity (Wildman–Crippen MR) is 118 cm³/mol. The first-order chi connectivity index (χ1) is 17.6. The number of alkyl halides is 6. The van der Waals surface area contributed by atoms with Gasteiger partial charge in [0.25, 0.3) is 5.91 Å². The molecule has 208 valence electrons. The Balaban J connectivity index is 0.000000301. The lowest BCUT2D eigenvalue weighted by atomic mass is 9.77. The number of amides is 1. The molecule has 2 saturated heterocycles. The third-order valence-corrected chi connectivity index (χ3v) is 5.78.